The van der Waals surface area contributed by atoms with E-state index in [0.717, 1.165) is 47.9 Å². The second-order valence-electron chi connectivity index (χ2n) is 8.52. The van der Waals surface area contributed by atoms with E-state index in [1.54, 1.807) is 0 Å². The number of alkyl carbamates (subject to hydrolysis) is 1. The highest BCUT2D eigenvalue weighted by atomic mass is 16.5. The number of carboxylic acid groups (broad SMARTS) is 1. The lowest BCUT2D eigenvalue weighted by Crippen LogP contribution is -2.49. The molecule has 0 saturated heterocycles. The van der Waals surface area contributed by atoms with Crippen molar-refractivity contribution in [3.8, 4) is 11.1 Å². The van der Waals surface area contributed by atoms with E-state index >= 15 is 0 Å². The highest BCUT2D eigenvalue weighted by Crippen LogP contribution is 2.44. The van der Waals surface area contributed by atoms with Gasteiger partial charge in [-0.1, -0.05) is 61.4 Å². The topological polar surface area (TPSA) is 105 Å². The van der Waals surface area contributed by atoms with Crippen LogP contribution >= 0.6 is 0 Å². The average molecular weight is 437 g/mol. The largest absolute Gasteiger partial charge is 0.481 e. The molecule has 1 saturated carbocycles. The van der Waals surface area contributed by atoms with E-state index in [-0.39, 0.29) is 12.5 Å². The van der Waals surface area contributed by atoms with E-state index in [4.69, 9.17) is 4.74 Å². The van der Waals surface area contributed by atoms with Crippen LogP contribution in [0, 0.1) is 5.92 Å². The van der Waals surface area contributed by atoms with E-state index in [0.29, 0.717) is 12.5 Å². The van der Waals surface area contributed by atoms with E-state index < -0.39 is 30.4 Å². The summed E-state index contributed by atoms with van der Waals surface area (Å²) >= 11 is 0. The standard InChI is InChI=1S/C25H28N2O5/c28-23(29)13-22(24(30)26-14-16-7-1-2-8-16)27-25(31)32-15-21-19-11-5-3-9-17(19)18-10-4-6-12-20(18)21/h3-6,9-12,16,21-22H,1-2,7-8,13-15H2,(H,26,30)(H,27,31)(H,28,29). The molecule has 1 unspecified atom stereocenters. The summed E-state index contributed by atoms with van der Waals surface area (Å²) < 4.78 is 5.46. The number of aliphatic carboxylic acids is 1. The van der Waals surface area contributed by atoms with Gasteiger partial charge < -0.3 is 20.5 Å². The number of amides is 2. The molecule has 0 heterocycles. The molecule has 0 bridgehead atoms. The van der Waals surface area contributed by atoms with Crippen molar-refractivity contribution in [2.45, 2.75) is 44.1 Å². The van der Waals surface area contributed by atoms with Crippen LogP contribution in [0.15, 0.2) is 48.5 Å². The van der Waals surface area contributed by atoms with Crippen LogP contribution in [0.5, 0.6) is 0 Å². The Morgan fingerprint density at radius 3 is 2.16 bits per heavy atom. The van der Waals surface area contributed by atoms with Gasteiger partial charge in [0, 0.05) is 12.5 Å². The third-order valence-electron chi connectivity index (χ3n) is 6.37. The first kappa shape index (κ1) is 21.9. The van der Waals surface area contributed by atoms with E-state index in [1.807, 2.05) is 48.5 Å². The monoisotopic (exact) mass is 436 g/mol. The fourth-order valence-electron chi connectivity index (χ4n) is 4.75. The Morgan fingerprint density at radius 2 is 1.56 bits per heavy atom. The van der Waals surface area contributed by atoms with Crippen LogP contribution in [0.4, 0.5) is 4.79 Å². The molecular weight excluding hydrogens is 408 g/mol. The van der Waals surface area contributed by atoms with Crippen LogP contribution in [0.2, 0.25) is 0 Å². The molecule has 3 N–H and O–H groups in total. The Morgan fingerprint density at radius 1 is 0.969 bits per heavy atom. The Bertz CT molecular complexity index is 954. The minimum Gasteiger partial charge on any atom is -0.481 e. The molecule has 168 valence electrons. The van der Waals surface area contributed by atoms with Crippen molar-refractivity contribution < 1.29 is 24.2 Å². The fraction of sp³-hybridized carbons (Fsp3) is 0.400. The molecule has 2 amide bonds. The van der Waals surface area contributed by atoms with Gasteiger partial charge in [-0.25, -0.2) is 4.79 Å². The number of carboxylic acids is 1. The lowest BCUT2D eigenvalue weighted by molar-refractivity contribution is -0.139. The summed E-state index contributed by atoms with van der Waals surface area (Å²) in [5.41, 5.74) is 4.40. The number of fused-ring (bicyclic) bond motifs is 3. The fourth-order valence-corrected chi connectivity index (χ4v) is 4.75. The van der Waals surface area contributed by atoms with Crippen LogP contribution in [0.25, 0.3) is 11.1 Å². The van der Waals surface area contributed by atoms with Crippen LogP contribution in [0.1, 0.15) is 49.1 Å². The molecule has 7 heteroatoms. The molecule has 0 aromatic heterocycles. The molecule has 2 aliphatic rings. The van der Waals surface area contributed by atoms with Gasteiger partial charge in [0.25, 0.3) is 0 Å². The molecule has 0 aliphatic heterocycles. The van der Waals surface area contributed by atoms with Crippen molar-refractivity contribution >= 4 is 18.0 Å². The minimum absolute atomic E-state index is 0.101. The predicted octanol–water partition coefficient (Wildman–Crippen LogP) is 3.67. The van der Waals surface area contributed by atoms with Crippen LogP contribution in [0.3, 0.4) is 0 Å². The highest BCUT2D eigenvalue weighted by molar-refractivity contribution is 5.89. The number of ether oxygens (including phenoxy) is 1. The maximum atomic E-state index is 12.5. The first-order valence-corrected chi connectivity index (χ1v) is 11.1. The van der Waals surface area contributed by atoms with Gasteiger partial charge in [-0.05, 0) is 41.0 Å². The maximum Gasteiger partial charge on any atom is 0.407 e. The molecule has 2 aromatic carbocycles. The lowest BCUT2D eigenvalue weighted by atomic mass is 9.98. The maximum absolute atomic E-state index is 12.5. The van der Waals surface area contributed by atoms with Crippen molar-refractivity contribution in [3.05, 3.63) is 59.7 Å². The first-order valence-electron chi connectivity index (χ1n) is 11.1. The molecule has 4 rings (SSSR count). The van der Waals surface area contributed by atoms with Crippen molar-refractivity contribution in [1.29, 1.82) is 0 Å². The van der Waals surface area contributed by atoms with E-state index in [1.165, 1.54) is 0 Å². The zero-order valence-electron chi connectivity index (χ0n) is 17.9. The summed E-state index contributed by atoms with van der Waals surface area (Å²) in [6.07, 6.45) is 3.12. The van der Waals surface area contributed by atoms with Gasteiger partial charge in [0.05, 0.1) is 6.42 Å². The summed E-state index contributed by atoms with van der Waals surface area (Å²) in [5.74, 6) is -1.35. The second-order valence-corrected chi connectivity index (χ2v) is 8.52. The number of nitrogens with one attached hydrogen (secondary N) is 2. The molecular formula is C25H28N2O5. The number of carbonyl (C=O) groups is 3. The summed E-state index contributed by atoms with van der Waals surface area (Å²) in [5, 5.41) is 14.4. The van der Waals surface area contributed by atoms with Gasteiger partial charge in [-0.3, -0.25) is 9.59 Å². The summed E-state index contributed by atoms with van der Waals surface area (Å²) in [4.78, 5) is 36.2. The smallest absolute Gasteiger partial charge is 0.407 e. The molecule has 2 aliphatic carbocycles. The number of carbonyl (C=O) groups excluding carboxylic acids is 2. The van der Waals surface area contributed by atoms with Gasteiger partial charge in [0.15, 0.2) is 0 Å². The Labute approximate surface area is 187 Å². The lowest BCUT2D eigenvalue weighted by Gasteiger charge is -2.19. The molecule has 1 atom stereocenters. The van der Waals surface area contributed by atoms with Gasteiger partial charge in [0.2, 0.25) is 5.91 Å². The number of rotatable bonds is 8. The van der Waals surface area contributed by atoms with Crippen molar-refractivity contribution in [1.82, 2.24) is 10.6 Å². The second kappa shape index (κ2) is 9.85. The summed E-state index contributed by atoms with van der Waals surface area (Å²) in [6, 6.07) is 14.8. The highest BCUT2D eigenvalue weighted by Gasteiger charge is 2.30. The van der Waals surface area contributed by atoms with Crippen molar-refractivity contribution in [2.75, 3.05) is 13.2 Å². The van der Waals surface area contributed by atoms with Gasteiger partial charge in [-0.15, -0.1) is 0 Å². The van der Waals surface area contributed by atoms with Gasteiger partial charge >= 0.3 is 12.1 Å². The molecule has 0 spiro atoms. The third-order valence-corrected chi connectivity index (χ3v) is 6.37. The zero-order chi connectivity index (χ0) is 22.5. The first-order chi connectivity index (χ1) is 15.5. The Hall–Kier alpha value is -3.35. The Kier molecular flexibility index (Phi) is 6.73. The van der Waals surface area contributed by atoms with Crippen LogP contribution < -0.4 is 10.6 Å². The quantitative estimate of drug-likeness (QED) is 0.586. The summed E-state index contributed by atoms with van der Waals surface area (Å²) in [6.45, 7) is 0.602. The average Bonchev–Trinajstić information content (AvgIpc) is 3.41. The molecule has 7 nitrogen and oxygen atoms in total. The molecule has 1 fully saturated rings. The number of hydrogen-bond donors (Lipinski definition) is 3. The zero-order valence-corrected chi connectivity index (χ0v) is 17.9. The Balaban J connectivity index is 1.37. The van der Waals surface area contributed by atoms with Crippen molar-refractivity contribution in [2.24, 2.45) is 5.92 Å². The minimum atomic E-state index is -1.18. The van der Waals surface area contributed by atoms with Crippen LogP contribution in [-0.2, 0) is 14.3 Å². The normalized spacial score (nSPS) is 16.1. The number of benzene rings is 2. The van der Waals surface area contributed by atoms with E-state index in [9.17, 15) is 19.5 Å². The molecule has 0 radical (unpaired) electrons. The van der Waals surface area contributed by atoms with Gasteiger partial charge in [-0.2, -0.15) is 0 Å². The van der Waals surface area contributed by atoms with E-state index in [2.05, 4.69) is 10.6 Å². The molecule has 32 heavy (non-hydrogen) atoms. The molecule has 2 aromatic rings. The summed E-state index contributed by atoms with van der Waals surface area (Å²) in [7, 11) is 0. The SMILES string of the molecule is O=C(O)CC(NC(=O)OCC1c2ccccc2-c2ccccc21)C(=O)NCC1CCCC1. The van der Waals surface area contributed by atoms with Gasteiger partial charge in [0.1, 0.15) is 12.6 Å². The van der Waals surface area contributed by atoms with Crippen molar-refractivity contribution in [3.63, 3.8) is 0 Å². The van der Waals surface area contributed by atoms with Crippen LogP contribution in [-0.4, -0.2) is 42.3 Å². The predicted molar refractivity (Wildman–Crippen MR) is 119 cm³/mol. The third kappa shape index (κ3) is 4.93. The number of hydrogen-bond acceptors (Lipinski definition) is 4.